The van der Waals surface area contributed by atoms with Crippen LogP contribution < -0.4 is 10.6 Å². The van der Waals surface area contributed by atoms with Gasteiger partial charge < -0.3 is 10.6 Å². The molecule has 2 heterocycles. The molecule has 5 atom stereocenters. The first-order valence-corrected chi connectivity index (χ1v) is 9.46. The highest BCUT2D eigenvalue weighted by atomic mass is 19.4. The fraction of sp³-hybridized carbons (Fsp3) is 0.632. The molecule has 0 unspecified atom stereocenters. The van der Waals surface area contributed by atoms with Crippen molar-refractivity contribution < 1.29 is 26.7 Å². The number of carbonyl (C=O) groups excluding carboxylic acids is 1. The molecule has 0 bridgehead atoms. The Kier molecular flexibility index (Phi) is 4.76. The Labute approximate surface area is 159 Å². The van der Waals surface area contributed by atoms with Crippen molar-refractivity contribution in [1.29, 1.82) is 0 Å². The smallest absolute Gasteiger partial charge is 0.371 e. The number of benzene rings is 1. The summed E-state index contributed by atoms with van der Waals surface area (Å²) in [6.07, 6.45) is -4.08. The first-order chi connectivity index (χ1) is 13.1. The van der Waals surface area contributed by atoms with Crippen molar-refractivity contribution in [3.05, 3.63) is 29.6 Å². The van der Waals surface area contributed by atoms with Gasteiger partial charge >= 0.3 is 6.18 Å². The molecular weight excluding hydrogens is 381 g/mol. The van der Waals surface area contributed by atoms with E-state index < -0.39 is 35.7 Å². The molecular formula is C19H22F5N3O. The van der Waals surface area contributed by atoms with Crippen molar-refractivity contribution >= 4 is 11.6 Å². The average molecular weight is 403 g/mol. The molecule has 3 aliphatic rings. The average Bonchev–Trinajstić information content (AvgIpc) is 3.27. The van der Waals surface area contributed by atoms with Gasteiger partial charge in [-0.05, 0) is 42.9 Å². The molecule has 1 amide bonds. The number of primary amides is 1. The molecule has 1 aliphatic carbocycles. The van der Waals surface area contributed by atoms with Gasteiger partial charge in [0.2, 0.25) is 5.91 Å². The first-order valence-electron chi connectivity index (χ1n) is 9.46. The van der Waals surface area contributed by atoms with Gasteiger partial charge in [0, 0.05) is 37.8 Å². The highest BCUT2D eigenvalue weighted by molar-refractivity contribution is 5.80. The van der Waals surface area contributed by atoms with Crippen LogP contribution in [-0.2, 0) is 11.0 Å². The summed E-state index contributed by atoms with van der Waals surface area (Å²) in [6, 6.07) is 2.41. The van der Waals surface area contributed by atoms with E-state index in [4.69, 9.17) is 5.73 Å². The topological polar surface area (TPSA) is 49.6 Å². The van der Waals surface area contributed by atoms with Gasteiger partial charge in [0.15, 0.2) is 0 Å². The number of hydrogen-bond acceptors (Lipinski definition) is 3. The maximum atomic E-state index is 13.9. The van der Waals surface area contributed by atoms with Crippen LogP contribution >= 0.6 is 0 Å². The fourth-order valence-corrected chi connectivity index (χ4v) is 5.24. The number of fused-ring (bicyclic) bond motifs is 1. The minimum Gasteiger partial charge on any atom is -0.371 e. The van der Waals surface area contributed by atoms with Crippen molar-refractivity contribution in [2.24, 2.45) is 17.6 Å². The van der Waals surface area contributed by atoms with Gasteiger partial charge in [0.1, 0.15) is 12.0 Å². The summed E-state index contributed by atoms with van der Waals surface area (Å²) in [5, 5.41) is 0. The highest BCUT2D eigenvalue weighted by Gasteiger charge is 2.50. The van der Waals surface area contributed by atoms with Crippen molar-refractivity contribution in [2.75, 3.05) is 24.5 Å². The van der Waals surface area contributed by atoms with E-state index in [1.807, 2.05) is 9.80 Å². The van der Waals surface area contributed by atoms with Gasteiger partial charge in [-0.2, -0.15) is 13.2 Å². The summed E-state index contributed by atoms with van der Waals surface area (Å²) >= 11 is 0. The van der Waals surface area contributed by atoms with Crippen molar-refractivity contribution in [3.8, 4) is 0 Å². The SMILES string of the molecule is NC(=O)[C@@H]1C[C@@H](F)CN1[C@H]1CC[C@@H]2CN(c3ccc(F)c(C(F)(F)F)c3)C[C@@H]21. The van der Waals surface area contributed by atoms with Gasteiger partial charge in [-0.3, -0.25) is 9.69 Å². The lowest BCUT2D eigenvalue weighted by atomic mass is 9.96. The molecule has 1 saturated carbocycles. The maximum Gasteiger partial charge on any atom is 0.419 e. The summed E-state index contributed by atoms with van der Waals surface area (Å²) < 4.78 is 66.6. The van der Waals surface area contributed by atoms with E-state index in [-0.39, 0.29) is 30.8 Å². The van der Waals surface area contributed by atoms with Gasteiger partial charge in [-0.25, -0.2) is 8.78 Å². The minimum absolute atomic E-state index is 0.0178. The van der Waals surface area contributed by atoms with E-state index in [0.717, 1.165) is 25.0 Å². The number of anilines is 1. The molecule has 154 valence electrons. The van der Waals surface area contributed by atoms with Crippen LogP contribution in [0.3, 0.4) is 0 Å². The molecule has 4 rings (SSSR count). The van der Waals surface area contributed by atoms with E-state index in [9.17, 15) is 26.7 Å². The molecule has 0 radical (unpaired) electrons. The summed E-state index contributed by atoms with van der Waals surface area (Å²) in [4.78, 5) is 15.4. The molecule has 2 aliphatic heterocycles. The van der Waals surface area contributed by atoms with Gasteiger partial charge in [-0.15, -0.1) is 0 Å². The van der Waals surface area contributed by atoms with E-state index in [1.54, 1.807) is 0 Å². The molecule has 2 N–H and O–H groups in total. The number of nitrogens with zero attached hydrogens (tertiary/aromatic N) is 2. The first kappa shape index (κ1) is 19.4. The van der Waals surface area contributed by atoms with E-state index in [0.29, 0.717) is 18.8 Å². The number of alkyl halides is 4. The summed E-state index contributed by atoms with van der Waals surface area (Å²) in [5.74, 6) is -1.46. The lowest BCUT2D eigenvalue weighted by Crippen LogP contribution is -2.48. The van der Waals surface area contributed by atoms with Crippen molar-refractivity contribution in [1.82, 2.24) is 4.90 Å². The zero-order chi connectivity index (χ0) is 20.2. The molecule has 0 spiro atoms. The van der Waals surface area contributed by atoms with Crippen molar-refractivity contribution in [2.45, 2.75) is 43.7 Å². The van der Waals surface area contributed by atoms with Gasteiger partial charge in [0.05, 0.1) is 11.6 Å². The molecule has 2 saturated heterocycles. The second-order valence-electron chi connectivity index (χ2n) is 8.08. The highest BCUT2D eigenvalue weighted by Crippen LogP contribution is 2.45. The number of likely N-dealkylation sites (tertiary alicyclic amines) is 1. The van der Waals surface area contributed by atoms with Crippen LogP contribution in [0.4, 0.5) is 27.6 Å². The van der Waals surface area contributed by atoms with Gasteiger partial charge in [-0.1, -0.05) is 0 Å². The normalized spacial score (nSPS) is 33.5. The number of amides is 1. The lowest BCUT2D eigenvalue weighted by molar-refractivity contribution is -0.140. The number of rotatable bonds is 3. The standard InChI is InChI=1S/C19H22F5N3O/c20-11-5-17(18(25)28)27(8-11)16-4-1-10-7-26(9-13(10)16)12-2-3-15(21)14(6-12)19(22,23)24/h2-3,6,10-11,13,16-17H,1,4-5,7-9H2,(H2,25,28)/t10-,11-,13+,16+,17+/m1/s1. The predicted octanol–water partition coefficient (Wildman–Crippen LogP) is 2.96. The number of halogens is 5. The largest absolute Gasteiger partial charge is 0.419 e. The summed E-state index contributed by atoms with van der Waals surface area (Å²) in [5.41, 5.74) is 4.51. The molecule has 4 nitrogen and oxygen atoms in total. The quantitative estimate of drug-likeness (QED) is 0.790. The molecule has 28 heavy (non-hydrogen) atoms. The van der Waals surface area contributed by atoms with Crippen LogP contribution in [0.15, 0.2) is 18.2 Å². The Bertz CT molecular complexity index is 770. The summed E-state index contributed by atoms with van der Waals surface area (Å²) in [7, 11) is 0. The Morgan fingerprint density at radius 1 is 1.14 bits per heavy atom. The van der Waals surface area contributed by atoms with Crippen LogP contribution in [0.25, 0.3) is 0 Å². The second-order valence-corrected chi connectivity index (χ2v) is 8.08. The third kappa shape index (κ3) is 3.33. The Balaban J connectivity index is 1.53. The molecule has 0 aromatic heterocycles. The third-order valence-corrected chi connectivity index (χ3v) is 6.48. The number of hydrogen-bond donors (Lipinski definition) is 1. The zero-order valence-electron chi connectivity index (χ0n) is 15.1. The molecule has 3 fully saturated rings. The molecule has 1 aromatic carbocycles. The predicted molar refractivity (Wildman–Crippen MR) is 92.8 cm³/mol. The summed E-state index contributed by atoms with van der Waals surface area (Å²) in [6.45, 7) is 1.23. The number of nitrogens with two attached hydrogens (primary N) is 1. The van der Waals surface area contributed by atoms with Gasteiger partial charge in [0.25, 0.3) is 0 Å². The monoisotopic (exact) mass is 403 g/mol. The van der Waals surface area contributed by atoms with E-state index >= 15 is 0 Å². The Morgan fingerprint density at radius 3 is 2.57 bits per heavy atom. The van der Waals surface area contributed by atoms with E-state index in [2.05, 4.69) is 0 Å². The maximum absolute atomic E-state index is 13.9. The zero-order valence-corrected chi connectivity index (χ0v) is 15.1. The second kappa shape index (κ2) is 6.86. The molecule has 1 aromatic rings. The van der Waals surface area contributed by atoms with Crippen LogP contribution in [0.2, 0.25) is 0 Å². The van der Waals surface area contributed by atoms with Crippen molar-refractivity contribution in [3.63, 3.8) is 0 Å². The van der Waals surface area contributed by atoms with Crippen LogP contribution in [-0.4, -0.2) is 48.7 Å². The van der Waals surface area contributed by atoms with Crippen LogP contribution in [0.5, 0.6) is 0 Å². The minimum atomic E-state index is -4.75. The fourth-order valence-electron chi connectivity index (χ4n) is 5.24. The Hall–Kier alpha value is -1.90. The van der Waals surface area contributed by atoms with E-state index in [1.165, 1.54) is 6.07 Å². The molecule has 9 heteroatoms. The lowest BCUT2D eigenvalue weighted by Gasteiger charge is -2.33. The third-order valence-electron chi connectivity index (χ3n) is 6.48. The van der Waals surface area contributed by atoms with Crippen LogP contribution in [0, 0.1) is 17.7 Å². The number of carbonyl (C=O) groups is 1. The Morgan fingerprint density at radius 2 is 1.89 bits per heavy atom. The van der Waals surface area contributed by atoms with Crippen LogP contribution in [0.1, 0.15) is 24.8 Å².